The van der Waals surface area contributed by atoms with E-state index in [2.05, 4.69) is 9.88 Å². The molecule has 2 heterocycles. The van der Waals surface area contributed by atoms with Gasteiger partial charge in [0.25, 0.3) is 0 Å². The smallest absolute Gasteiger partial charge is 0.338 e. The van der Waals surface area contributed by atoms with E-state index in [4.69, 9.17) is 16.7 Å². The third-order valence-corrected chi connectivity index (χ3v) is 3.02. The number of carbonyl (C=O) groups is 1. The van der Waals surface area contributed by atoms with Crippen molar-refractivity contribution in [2.45, 2.75) is 13.0 Å². The molecule has 0 amide bonds. The van der Waals surface area contributed by atoms with Crippen LogP contribution in [0.2, 0.25) is 5.02 Å². The number of rotatable bonds is 1. The summed E-state index contributed by atoms with van der Waals surface area (Å²) in [6.45, 7) is 1.62. The van der Waals surface area contributed by atoms with Crippen molar-refractivity contribution < 1.29 is 9.90 Å². The lowest BCUT2D eigenvalue weighted by Crippen LogP contribution is -2.28. The third-order valence-electron chi connectivity index (χ3n) is 2.59. The second kappa shape index (κ2) is 3.79. The van der Waals surface area contributed by atoms with Crippen LogP contribution >= 0.6 is 11.6 Å². The largest absolute Gasteiger partial charge is 0.478 e. The molecule has 80 valence electrons. The van der Waals surface area contributed by atoms with Gasteiger partial charge >= 0.3 is 5.97 Å². The van der Waals surface area contributed by atoms with E-state index in [0.29, 0.717) is 5.02 Å². The molecule has 0 unspecified atom stereocenters. The fourth-order valence-electron chi connectivity index (χ4n) is 1.74. The van der Waals surface area contributed by atoms with Crippen LogP contribution in [0.3, 0.4) is 0 Å². The number of pyridine rings is 1. The fourth-order valence-corrected chi connectivity index (χ4v) is 2.08. The minimum absolute atomic E-state index is 0.0972. The molecule has 1 N–H and O–H groups in total. The van der Waals surface area contributed by atoms with Crippen molar-refractivity contribution in [2.24, 2.45) is 0 Å². The number of carboxylic acids is 1. The van der Waals surface area contributed by atoms with Gasteiger partial charge in [0, 0.05) is 19.3 Å². The maximum Gasteiger partial charge on any atom is 0.338 e. The molecule has 1 aromatic heterocycles. The number of hydrogen-bond donors (Lipinski definition) is 1. The van der Waals surface area contributed by atoms with Gasteiger partial charge in [0.2, 0.25) is 0 Å². The van der Waals surface area contributed by atoms with Gasteiger partial charge in [-0.05, 0) is 19.0 Å². The zero-order valence-electron chi connectivity index (χ0n) is 8.33. The molecular formula is C10H11ClN2O2. The summed E-state index contributed by atoms with van der Waals surface area (Å²) in [5.74, 6) is -1.02. The third kappa shape index (κ3) is 1.82. The number of hydrogen-bond acceptors (Lipinski definition) is 3. The molecule has 0 saturated heterocycles. The van der Waals surface area contributed by atoms with Crippen LogP contribution in [0.5, 0.6) is 0 Å². The monoisotopic (exact) mass is 226 g/mol. The molecule has 2 rings (SSSR count). The number of carboxylic acid groups (broad SMARTS) is 1. The number of fused-ring (bicyclic) bond motifs is 1. The van der Waals surface area contributed by atoms with Gasteiger partial charge in [-0.1, -0.05) is 11.6 Å². The Balaban J connectivity index is 2.49. The van der Waals surface area contributed by atoms with Crippen LogP contribution in [0.15, 0.2) is 6.20 Å². The molecule has 0 radical (unpaired) electrons. The zero-order chi connectivity index (χ0) is 11.0. The molecule has 0 aliphatic carbocycles. The topological polar surface area (TPSA) is 53.4 Å². The van der Waals surface area contributed by atoms with E-state index in [-0.39, 0.29) is 5.56 Å². The van der Waals surface area contributed by atoms with Crippen molar-refractivity contribution in [3.8, 4) is 0 Å². The number of nitrogens with zero attached hydrogens (tertiary/aromatic N) is 2. The zero-order valence-corrected chi connectivity index (χ0v) is 9.08. The van der Waals surface area contributed by atoms with E-state index in [0.717, 1.165) is 30.8 Å². The molecule has 1 aliphatic heterocycles. The summed E-state index contributed by atoms with van der Waals surface area (Å²) in [7, 11) is 2.00. The van der Waals surface area contributed by atoms with Crippen molar-refractivity contribution in [3.05, 3.63) is 28.0 Å². The predicted molar refractivity (Wildman–Crippen MR) is 56.2 cm³/mol. The first-order chi connectivity index (χ1) is 7.09. The van der Waals surface area contributed by atoms with Crippen LogP contribution in [0.25, 0.3) is 0 Å². The van der Waals surface area contributed by atoms with Crippen LogP contribution < -0.4 is 0 Å². The predicted octanol–water partition coefficient (Wildman–Crippen LogP) is 1.42. The van der Waals surface area contributed by atoms with E-state index >= 15 is 0 Å². The van der Waals surface area contributed by atoms with Crippen LogP contribution in [0, 0.1) is 0 Å². The van der Waals surface area contributed by atoms with E-state index in [1.54, 1.807) is 0 Å². The Kier molecular flexibility index (Phi) is 2.63. The van der Waals surface area contributed by atoms with Gasteiger partial charge in [0.05, 0.1) is 16.3 Å². The summed E-state index contributed by atoms with van der Waals surface area (Å²) in [4.78, 5) is 17.1. The van der Waals surface area contributed by atoms with Gasteiger partial charge < -0.3 is 10.0 Å². The molecule has 0 spiro atoms. The average molecular weight is 227 g/mol. The van der Waals surface area contributed by atoms with Crippen LogP contribution in [-0.4, -0.2) is 34.6 Å². The highest BCUT2D eigenvalue weighted by Gasteiger charge is 2.21. The molecule has 15 heavy (non-hydrogen) atoms. The fraction of sp³-hybridized carbons (Fsp3) is 0.400. The summed E-state index contributed by atoms with van der Waals surface area (Å²) in [5.41, 5.74) is 1.87. The number of halogens is 1. The highest BCUT2D eigenvalue weighted by Crippen LogP contribution is 2.27. The molecular weight excluding hydrogens is 216 g/mol. The second-order valence-corrected chi connectivity index (χ2v) is 4.08. The Hall–Kier alpha value is -1.13. The molecule has 0 aromatic carbocycles. The highest BCUT2D eigenvalue weighted by atomic mass is 35.5. The van der Waals surface area contributed by atoms with E-state index in [1.807, 2.05) is 7.05 Å². The lowest BCUT2D eigenvalue weighted by Gasteiger charge is -2.24. The number of aromatic nitrogens is 1. The first-order valence-corrected chi connectivity index (χ1v) is 5.05. The Labute approximate surface area is 92.5 Å². The minimum atomic E-state index is -1.02. The Morgan fingerprint density at radius 3 is 3.07 bits per heavy atom. The van der Waals surface area contributed by atoms with Gasteiger partial charge in [-0.3, -0.25) is 4.98 Å². The molecule has 1 aliphatic rings. The molecule has 5 heteroatoms. The van der Waals surface area contributed by atoms with Gasteiger partial charge in [-0.2, -0.15) is 0 Å². The quantitative estimate of drug-likeness (QED) is 0.787. The standard InChI is InChI=1S/C10H11ClN2O2/c1-13-3-2-6-8(5-13)12-4-7(9(6)11)10(14)15/h4H,2-3,5H2,1H3,(H,14,15). The van der Waals surface area contributed by atoms with Gasteiger partial charge in [-0.25, -0.2) is 4.79 Å². The number of aromatic carboxylic acids is 1. The first-order valence-electron chi connectivity index (χ1n) is 4.67. The molecule has 0 saturated carbocycles. The summed E-state index contributed by atoms with van der Waals surface area (Å²) in [5, 5.41) is 9.23. The Morgan fingerprint density at radius 2 is 2.40 bits per heavy atom. The van der Waals surface area contributed by atoms with Crippen molar-refractivity contribution in [1.82, 2.24) is 9.88 Å². The van der Waals surface area contributed by atoms with E-state index < -0.39 is 5.97 Å². The summed E-state index contributed by atoms with van der Waals surface area (Å²) >= 11 is 6.03. The molecule has 4 nitrogen and oxygen atoms in total. The minimum Gasteiger partial charge on any atom is -0.478 e. The lowest BCUT2D eigenvalue weighted by atomic mass is 10.0. The molecule has 0 atom stereocenters. The van der Waals surface area contributed by atoms with Gasteiger partial charge in [0.1, 0.15) is 0 Å². The first kappa shape index (κ1) is 10.4. The van der Waals surface area contributed by atoms with Crippen LogP contribution in [-0.2, 0) is 13.0 Å². The van der Waals surface area contributed by atoms with Crippen LogP contribution in [0.1, 0.15) is 21.6 Å². The molecule has 1 aromatic rings. The highest BCUT2D eigenvalue weighted by molar-refractivity contribution is 6.34. The normalized spacial score (nSPS) is 16.1. The van der Waals surface area contributed by atoms with Gasteiger partial charge in [-0.15, -0.1) is 0 Å². The SMILES string of the molecule is CN1CCc2c(ncc(C(=O)O)c2Cl)C1. The Morgan fingerprint density at radius 1 is 1.67 bits per heavy atom. The maximum absolute atomic E-state index is 10.8. The summed E-state index contributed by atoms with van der Waals surface area (Å²) in [6, 6.07) is 0. The average Bonchev–Trinajstić information content (AvgIpc) is 2.17. The van der Waals surface area contributed by atoms with Gasteiger partial charge in [0.15, 0.2) is 0 Å². The van der Waals surface area contributed by atoms with Crippen molar-refractivity contribution in [3.63, 3.8) is 0 Å². The molecule has 0 bridgehead atoms. The van der Waals surface area contributed by atoms with E-state index in [9.17, 15) is 4.79 Å². The van der Waals surface area contributed by atoms with Crippen molar-refractivity contribution in [1.29, 1.82) is 0 Å². The van der Waals surface area contributed by atoms with Crippen LogP contribution in [0.4, 0.5) is 0 Å². The maximum atomic E-state index is 10.8. The lowest BCUT2D eigenvalue weighted by molar-refractivity contribution is 0.0696. The van der Waals surface area contributed by atoms with Crippen molar-refractivity contribution in [2.75, 3.05) is 13.6 Å². The summed E-state index contributed by atoms with van der Waals surface area (Å²) in [6.07, 6.45) is 2.10. The Bertz CT molecular complexity index is 420. The van der Waals surface area contributed by atoms with E-state index in [1.165, 1.54) is 6.20 Å². The number of likely N-dealkylation sites (N-methyl/N-ethyl adjacent to an activating group) is 1. The summed E-state index contributed by atoms with van der Waals surface area (Å²) < 4.78 is 0. The second-order valence-electron chi connectivity index (χ2n) is 3.70. The molecule has 0 fully saturated rings. The van der Waals surface area contributed by atoms with Crippen molar-refractivity contribution >= 4 is 17.6 Å².